The fourth-order valence-electron chi connectivity index (χ4n) is 3.96. The predicted molar refractivity (Wildman–Crippen MR) is 110 cm³/mol. The minimum atomic E-state index is -0.274. The maximum Gasteiger partial charge on any atom is 0.197 e. The lowest BCUT2D eigenvalue weighted by atomic mass is 9.67. The first-order chi connectivity index (χ1) is 13.0. The Hall–Kier alpha value is -3.13. The van der Waals surface area contributed by atoms with Crippen molar-refractivity contribution in [2.45, 2.75) is 19.3 Å². The Morgan fingerprint density at radius 3 is 2.15 bits per heavy atom. The highest BCUT2D eigenvalue weighted by Gasteiger charge is 2.39. The molecule has 0 spiro atoms. The molecule has 4 rings (SSSR count). The van der Waals surface area contributed by atoms with Gasteiger partial charge in [0.05, 0.1) is 12.7 Å². The molecule has 0 saturated heterocycles. The maximum absolute atomic E-state index is 13.5. The van der Waals surface area contributed by atoms with Gasteiger partial charge in [0.15, 0.2) is 5.78 Å². The second-order valence-corrected chi connectivity index (χ2v) is 7.35. The zero-order chi connectivity index (χ0) is 19.0. The van der Waals surface area contributed by atoms with Crippen LogP contribution >= 0.6 is 0 Å². The largest absolute Gasteiger partial charge is 0.496 e. The van der Waals surface area contributed by atoms with Crippen LogP contribution in [0.25, 0.3) is 12.2 Å². The molecule has 3 aromatic carbocycles. The number of ketones is 1. The van der Waals surface area contributed by atoms with Crippen LogP contribution in [0.5, 0.6) is 5.75 Å². The highest BCUT2D eigenvalue weighted by atomic mass is 16.5. The second-order valence-electron chi connectivity index (χ2n) is 7.35. The van der Waals surface area contributed by atoms with Gasteiger partial charge in [0.2, 0.25) is 0 Å². The Labute approximate surface area is 160 Å². The predicted octanol–water partition coefficient (Wildman–Crippen LogP) is 5.74. The quantitative estimate of drug-likeness (QED) is 0.561. The van der Waals surface area contributed by atoms with Gasteiger partial charge in [-0.15, -0.1) is 0 Å². The number of methoxy groups -OCH3 is 1. The highest BCUT2D eigenvalue weighted by molar-refractivity contribution is 6.16. The first-order valence-electron chi connectivity index (χ1n) is 9.13. The molecule has 0 radical (unpaired) electrons. The molecule has 0 unspecified atom stereocenters. The molecule has 0 fully saturated rings. The Balaban J connectivity index is 1.91. The topological polar surface area (TPSA) is 26.3 Å². The number of hydrogen-bond donors (Lipinski definition) is 0. The van der Waals surface area contributed by atoms with E-state index in [2.05, 4.69) is 32.0 Å². The van der Waals surface area contributed by atoms with E-state index in [1.54, 1.807) is 7.11 Å². The number of rotatable bonds is 3. The molecule has 0 saturated carbocycles. The zero-order valence-electron chi connectivity index (χ0n) is 15.8. The van der Waals surface area contributed by atoms with Crippen molar-refractivity contribution in [2.24, 2.45) is 0 Å². The highest BCUT2D eigenvalue weighted by Crippen LogP contribution is 2.45. The summed E-state index contributed by atoms with van der Waals surface area (Å²) in [6.45, 7) is 4.34. The summed E-state index contributed by atoms with van der Waals surface area (Å²) in [5.74, 6) is 0.670. The van der Waals surface area contributed by atoms with Gasteiger partial charge in [-0.3, -0.25) is 4.79 Å². The van der Waals surface area contributed by atoms with E-state index in [1.165, 1.54) is 0 Å². The first kappa shape index (κ1) is 17.3. The van der Waals surface area contributed by atoms with E-state index in [9.17, 15) is 4.79 Å². The van der Waals surface area contributed by atoms with Crippen molar-refractivity contribution >= 4 is 17.9 Å². The minimum absolute atomic E-state index is 0.0325. The lowest BCUT2D eigenvalue weighted by Gasteiger charge is -2.35. The van der Waals surface area contributed by atoms with Crippen molar-refractivity contribution < 1.29 is 9.53 Å². The summed E-state index contributed by atoms with van der Waals surface area (Å²) in [5, 5.41) is 0. The normalized spacial score (nSPS) is 14.7. The summed E-state index contributed by atoms with van der Waals surface area (Å²) >= 11 is 0. The molecular weight excluding hydrogens is 332 g/mol. The summed E-state index contributed by atoms with van der Waals surface area (Å²) in [7, 11) is 1.62. The monoisotopic (exact) mass is 354 g/mol. The third-order valence-corrected chi connectivity index (χ3v) is 5.40. The summed E-state index contributed by atoms with van der Waals surface area (Å²) in [6, 6.07) is 22.1. The van der Waals surface area contributed by atoms with Crippen molar-refractivity contribution in [3.8, 4) is 5.75 Å². The van der Waals surface area contributed by atoms with Crippen molar-refractivity contribution in [3.63, 3.8) is 0 Å². The van der Waals surface area contributed by atoms with E-state index in [-0.39, 0.29) is 11.2 Å². The average Bonchev–Trinajstić information content (AvgIpc) is 2.70. The molecule has 0 bridgehead atoms. The van der Waals surface area contributed by atoms with Crippen LogP contribution in [0.1, 0.15) is 52.0 Å². The van der Waals surface area contributed by atoms with E-state index < -0.39 is 0 Å². The first-order valence-corrected chi connectivity index (χ1v) is 9.13. The van der Waals surface area contributed by atoms with Crippen LogP contribution in [0.15, 0.2) is 66.7 Å². The van der Waals surface area contributed by atoms with E-state index in [0.717, 1.165) is 27.8 Å². The molecule has 2 heteroatoms. The molecule has 134 valence electrons. The van der Waals surface area contributed by atoms with Crippen molar-refractivity contribution in [3.05, 3.63) is 100 Å². The number of benzene rings is 3. The van der Waals surface area contributed by atoms with Gasteiger partial charge in [0.1, 0.15) is 5.75 Å². The van der Waals surface area contributed by atoms with Crippen molar-refractivity contribution in [1.29, 1.82) is 0 Å². The van der Waals surface area contributed by atoms with Gasteiger partial charge in [-0.25, -0.2) is 0 Å². The number of carbonyl (C=O) groups excluding carboxylic acids is 1. The third-order valence-electron chi connectivity index (χ3n) is 5.40. The van der Waals surface area contributed by atoms with Crippen LogP contribution in [0.4, 0.5) is 0 Å². The van der Waals surface area contributed by atoms with Crippen LogP contribution in [0.2, 0.25) is 0 Å². The maximum atomic E-state index is 13.5. The van der Waals surface area contributed by atoms with Crippen LogP contribution in [-0.2, 0) is 5.41 Å². The summed E-state index contributed by atoms with van der Waals surface area (Å²) in [4.78, 5) is 13.5. The van der Waals surface area contributed by atoms with Crippen LogP contribution in [0, 0.1) is 0 Å². The number of ether oxygens (including phenoxy) is 1. The molecule has 0 atom stereocenters. The van der Waals surface area contributed by atoms with Crippen molar-refractivity contribution in [2.75, 3.05) is 7.11 Å². The smallest absolute Gasteiger partial charge is 0.197 e. The molecule has 0 aromatic heterocycles. The molecule has 0 aliphatic heterocycles. The lowest BCUT2D eigenvalue weighted by molar-refractivity contribution is 0.102. The molecule has 3 aromatic rings. The van der Waals surface area contributed by atoms with Crippen molar-refractivity contribution in [1.82, 2.24) is 0 Å². The zero-order valence-corrected chi connectivity index (χ0v) is 15.8. The van der Waals surface area contributed by atoms with E-state index in [1.807, 2.05) is 60.7 Å². The fourth-order valence-corrected chi connectivity index (χ4v) is 3.96. The van der Waals surface area contributed by atoms with Gasteiger partial charge in [0, 0.05) is 11.0 Å². The molecule has 0 amide bonds. The van der Waals surface area contributed by atoms with Crippen LogP contribution in [0.3, 0.4) is 0 Å². The Morgan fingerprint density at radius 1 is 0.778 bits per heavy atom. The van der Waals surface area contributed by atoms with Gasteiger partial charge in [0.25, 0.3) is 0 Å². The van der Waals surface area contributed by atoms with E-state index in [0.29, 0.717) is 11.3 Å². The van der Waals surface area contributed by atoms with Crippen LogP contribution < -0.4 is 4.74 Å². The van der Waals surface area contributed by atoms with Gasteiger partial charge in [-0.2, -0.15) is 0 Å². The Kier molecular flexibility index (Phi) is 4.19. The molecule has 1 aliphatic rings. The van der Waals surface area contributed by atoms with Crippen LogP contribution in [-0.4, -0.2) is 12.9 Å². The molecule has 0 heterocycles. The Morgan fingerprint density at radius 2 is 1.44 bits per heavy atom. The fraction of sp³-hybridized carbons (Fsp3) is 0.160. The molecule has 2 nitrogen and oxygen atoms in total. The molecule has 27 heavy (non-hydrogen) atoms. The Bertz CT molecular complexity index is 1040. The standard InChI is InChI=1S/C25H22O2/c1-25(2)19-12-7-11-18(16-15-17-9-5-4-6-10-17)22(19)24(26)23-20(25)13-8-14-21(23)27-3/h4-16H,1-3H3/b16-15+. The average molecular weight is 354 g/mol. The molecular formula is C25H22O2. The minimum Gasteiger partial charge on any atom is -0.496 e. The van der Waals surface area contributed by atoms with Gasteiger partial charge in [-0.1, -0.05) is 86.7 Å². The summed E-state index contributed by atoms with van der Waals surface area (Å²) in [6.07, 6.45) is 4.08. The van der Waals surface area contributed by atoms with Gasteiger partial charge in [-0.05, 0) is 28.3 Å². The van der Waals surface area contributed by atoms with Gasteiger partial charge < -0.3 is 4.74 Å². The lowest BCUT2D eigenvalue weighted by Crippen LogP contribution is -2.31. The summed E-state index contributed by atoms with van der Waals surface area (Å²) in [5.41, 5.74) is 5.29. The molecule has 1 aliphatic carbocycles. The SMILES string of the molecule is COc1cccc2c1C(=O)c1c(/C=C/c3ccccc3)cccc1C2(C)C. The number of carbonyl (C=O) groups is 1. The number of hydrogen-bond acceptors (Lipinski definition) is 2. The summed E-state index contributed by atoms with van der Waals surface area (Å²) < 4.78 is 5.52. The van der Waals surface area contributed by atoms with E-state index >= 15 is 0 Å². The van der Waals surface area contributed by atoms with Gasteiger partial charge >= 0.3 is 0 Å². The van der Waals surface area contributed by atoms with E-state index in [4.69, 9.17) is 4.74 Å². The number of fused-ring (bicyclic) bond motifs is 2. The molecule has 0 N–H and O–H groups in total. The third kappa shape index (κ3) is 2.78. The second kappa shape index (κ2) is 6.55.